The zero-order chi connectivity index (χ0) is 11.6. The normalized spacial score (nSPS) is 11.7. The van der Waals surface area contributed by atoms with Gasteiger partial charge in [-0.05, 0) is 6.92 Å². The fourth-order valence-corrected chi connectivity index (χ4v) is 1.00. The Labute approximate surface area is 82.5 Å². The van der Waals surface area contributed by atoms with Gasteiger partial charge in [-0.2, -0.15) is 13.2 Å². The van der Waals surface area contributed by atoms with Crippen molar-refractivity contribution in [2.24, 2.45) is 0 Å². The van der Waals surface area contributed by atoms with Crippen molar-refractivity contribution in [3.8, 4) is 0 Å². The van der Waals surface area contributed by atoms with E-state index in [0.717, 1.165) is 4.68 Å². The number of carboxylic acid groups (broad SMARTS) is 1. The highest BCUT2D eigenvalue weighted by molar-refractivity contribution is 5.86. The first-order chi connectivity index (χ1) is 6.81. The minimum atomic E-state index is -4.29. The van der Waals surface area contributed by atoms with E-state index in [1.54, 1.807) is 0 Å². The van der Waals surface area contributed by atoms with Crippen LogP contribution in [0.15, 0.2) is 0 Å². The van der Waals surface area contributed by atoms with Crippen LogP contribution in [-0.4, -0.2) is 32.2 Å². The van der Waals surface area contributed by atoms with Gasteiger partial charge in [0, 0.05) is 0 Å². The molecule has 0 unspecified atom stereocenters. The second-order valence-corrected chi connectivity index (χ2v) is 2.92. The molecule has 0 spiro atoms. The van der Waals surface area contributed by atoms with Crippen LogP contribution in [0.1, 0.15) is 22.6 Å². The van der Waals surface area contributed by atoms with Crippen molar-refractivity contribution in [3.05, 3.63) is 11.4 Å². The first kappa shape index (κ1) is 11.5. The number of carbonyl (C=O) groups is 1. The Morgan fingerprint density at radius 3 is 2.53 bits per heavy atom. The van der Waals surface area contributed by atoms with Gasteiger partial charge in [-0.1, -0.05) is 5.21 Å². The Balaban J connectivity index is 2.75. The number of aryl methyl sites for hydroxylation is 1. The average molecular weight is 223 g/mol. The summed E-state index contributed by atoms with van der Waals surface area (Å²) in [5.41, 5.74) is -0.205. The van der Waals surface area contributed by atoms with Crippen molar-refractivity contribution in [1.29, 1.82) is 0 Å². The van der Waals surface area contributed by atoms with Gasteiger partial charge in [-0.3, -0.25) is 0 Å². The number of aromatic nitrogens is 3. The molecule has 0 amide bonds. The van der Waals surface area contributed by atoms with E-state index in [-0.39, 0.29) is 11.4 Å². The van der Waals surface area contributed by atoms with E-state index in [0.29, 0.717) is 0 Å². The number of carboxylic acids is 1. The predicted molar refractivity (Wildman–Crippen MR) is 42.4 cm³/mol. The molecule has 0 saturated heterocycles. The van der Waals surface area contributed by atoms with E-state index in [1.165, 1.54) is 6.92 Å². The highest BCUT2D eigenvalue weighted by Crippen LogP contribution is 2.20. The lowest BCUT2D eigenvalue weighted by Crippen LogP contribution is -2.14. The topological polar surface area (TPSA) is 68.0 Å². The highest BCUT2D eigenvalue weighted by Gasteiger charge is 2.27. The number of hydrogen-bond donors (Lipinski definition) is 1. The molecular formula is C7H8F3N3O2. The molecule has 1 aromatic heterocycles. The molecule has 0 aliphatic carbocycles. The fourth-order valence-electron chi connectivity index (χ4n) is 1.00. The zero-order valence-corrected chi connectivity index (χ0v) is 7.75. The summed E-state index contributed by atoms with van der Waals surface area (Å²) in [5, 5.41) is 15.2. The van der Waals surface area contributed by atoms with Crippen molar-refractivity contribution in [1.82, 2.24) is 15.0 Å². The first-order valence-corrected chi connectivity index (χ1v) is 4.01. The molecule has 0 atom stereocenters. The zero-order valence-electron chi connectivity index (χ0n) is 7.75. The molecule has 0 aliphatic rings. The Morgan fingerprint density at radius 2 is 2.13 bits per heavy atom. The molecule has 15 heavy (non-hydrogen) atoms. The minimum absolute atomic E-state index is 0.117. The Morgan fingerprint density at radius 1 is 1.53 bits per heavy atom. The monoisotopic (exact) mass is 223 g/mol. The molecule has 1 aromatic rings. The van der Waals surface area contributed by atoms with E-state index in [1.807, 2.05) is 0 Å². The number of hydrogen-bond acceptors (Lipinski definition) is 3. The Hall–Kier alpha value is -1.60. The van der Waals surface area contributed by atoms with Crippen LogP contribution >= 0.6 is 0 Å². The maximum Gasteiger partial charge on any atom is 0.390 e. The molecule has 0 saturated carbocycles. The Kier molecular flexibility index (Phi) is 2.96. The van der Waals surface area contributed by atoms with Crippen LogP contribution in [0.25, 0.3) is 0 Å². The lowest BCUT2D eigenvalue weighted by Gasteiger charge is -2.06. The van der Waals surface area contributed by atoms with Gasteiger partial charge in [0.25, 0.3) is 0 Å². The van der Waals surface area contributed by atoms with Crippen molar-refractivity contribution in [2.75, 3.05) is 0 Å². The highest BCUT2D eigenvalue weighted by atomic mass is 19.4. The quantitative estimate of drug-likeness (QED) is 0.836. The molecule has 0 fully saturated rings. The minimum Gasteiger partial charge on any atom is -0.476 e. The average Bonchev–Trinajstić information content (AvgIpc) is 2.42. The van der Waals surface area contributed by atoms with Crippen LogP contribution in [0, 0.1) is 6.92 Å². The summed E-state index contributed by atoms with van der Waals surface area (Å²) in [6.45, 7) is 0.940. The van der Waals surface area contributed by atoms with Crippen molar-refractivity contribution in [2.45, 2.75) is 26.1 Å². The van der Waals surface area contributed by atoms with Gasteiger partial charge in [0.05, 0.1) is 18.7 Å². The molecule has 0 radical (unpaired) electrons. The summed E-state index contributed by atoms with van der Waals surface area (Å²) in [6, 6.07) is 0. The molecule has 1 rings (SSSR count). The maximum absolute atomic E-state index is 11.9. The smallest absolute Gasteiger partial charge is 0.390 e. The fraction of sp³-hybridized carbons (Fsp3) is 0.571. The standard InChI is InChI=1S/C7H8F3N3O2/c1-4-5(6(14)15)11-12-13(4)3-2-7(8,9)10/h2-3H2,1H3,(H,14,15). The van der Waals surface area contributed by atoms with Crippen molar-refractivity contribution in [3.63, 3.8) is 0 Å². The Bertz CT molecular complexity index is 372. The van der Waals surface area contributed by atoms with Crippen LogP contribution in [0.5, 0.6) is 0 Å². The third-order valence-electron chi connectivity index (χ3n) is 1.79. The third kappa shape index (κ3) is 2.93. The van der Waals surface area contributed by atoms with Crippen LogP contribution in [0.3, 0.4) is 0 Å². The molecule has 0 aliphatic heterocycles. The summed E-state index contributed by atoms with van der Waals surface area (Å²) in [7, 11) is 0. The van der Waals surface area contributed by atoms with Gasteiger partial charge in [0.15, 0.2) is 5.69 Å². The van der Waals surface area contributed by atoms with Crippen LogP contribution in [-0.2, 0) is 6.54 Å². The molecule has 5 nitrogen and oxygen atoms in total. The van der Waals surface area contributed by atoms with E-state index < -0.39 is 25.1 Å². The van der Waals surface area contributed by atoms with Crippen LogP contribution in [0.2, 0.25) is 0 Å². The third-order valence-corrected chi connectivity index (χ3v) is 1.79. The molecule has 8 heteroatoms. The van der Waals surface area contributed by atoms with Crippen LogP contribution in [0.4, 0.5) is 13.2 Å². The summed E-state index contributed by atoms with van der Waals surface area (Å²) >= 11 is 0. The summed E-state index contributed by atoms with van der Waals surface area (Å²) in [4.78, 5) is 10.5. The summed E-state index contributed by atoms with van der Waals surface area (Å²) in [6.07, 6.45) is -5.35. The van der Waals surface area contributed by atoms with E-state index in [4.69, 9.17) is 5.11 Å². The number of halogens is 3. The molecular weight excluding hydrogens is 215 g/mol. The van der Waals surface area contributed by atoms with Crippen molar-refractivity contribution < 1.29 is 23.1 Å². The number of alkyl halides is 3. The number of rotatable bonds is 3. The maximum atomic E-state index is 11.9. The second-order valence-electron chi connectivity index (χ2n) is 2.92. The molecule has 84 valence electrons. The largest absolute Gasteiger partial charge is 0.476 e. The number of aromatic carboxylic acids is 1. The summed E-state index contributed by atoms with van der Waals surface area (Å²) in [5.74, 6) is -1.30. The van der Waals surface area contributed by atoms with E-state index in [9.17, 15) is 18.0 Å². The number of nitrogens with zero attached hydrogens (tertiary/aromatic N) is 3. The lowest BCUT2D eigenvalue weighted by atomic mass is 10.3. The molecule has 1 N–H and O–H groups in total. The molecule has 0 bridgehead atoms. The first-order valence-electron chi connectivity index (χ1n) is 4.01. The molecule has 1 heterocycles. The van der Waals surface area contributed by atoms with Gasteiger partial charge in [-0.25, -0.2) is 9.48 Å². The van der Waals surface area contributed by atoms with Gasteiger partial charge >= 0.3 is 12.1 Å². The predicted octanol–water partition coefficient (Wildman–Crippen LogP) is 1.24. The van der Waals surface area contributed by atoms with Gasteiger partial charge in [0.1, 0.15) is 0 Å². The van der Waals surface area contributed by atoms with Gasteiger partial charge in [-0.15, -0.1) is 5.10 Å². The van der Waals surface area contributed by atoms with Crippen molar-refractivity contribution >= 4 is 5.97 Å². The SMILES string of the molecule is Cc1c(C(=O)O)nnn1CCC(F)(F)F. The lowest BCUT2D eigenvalue weighted by molar-refractivity contribution is -0.137. The molecule has 0 aromatic carbocycles. The summed E-state index contributed by atoms with van der Waals surface area (Å²) < 4.78 is 36.5. The van der Waals surface area contributed by atoms with Gasteiger partial charge < -0.3 is 5.11 Å². The van der Waals surface area contributed by atoms with Crippen LogP contribution < -0.4 is 0 Å². The van der Waals surface area contributed by atoms with E-state index >= 15 is 0 Å². The van der Waals surface area contributed by atoms with Gasteiger partial charge in [0.2, 0.25) is 0 Å². The van der Waals surface area contributed by atoms with E-state index in [2.05, 4.69) is 10.3 Å². The second kappa shape index (κ2) is 3.87.